The lowest BCUT2D eigenvalue weighted by molar-refractivity contribution is -0.135. The number of hydrogen-bond acceptors (Lipinski definition) is 2. The smallest absolute Gasteiger partial charge is 0.344 e. The van der Waals surface area contributed by atoms with Crippen molar-refractivity contribution in [3.05, 3.63) is 52.5 Å². The van der Waals surface area contributed by atoms with E-state index in [4.69, 9.17) is 0 Å². The Morgan fingerprint density at radius 3 is 2.60 bits per heavy atom. The summed E-state index contributed by atoms with van der Waals surface area (Å²) in [5.74, 6) is -0.382. The lowest BCUT2D eigenvalue weighted by Crippen LogP contribution is -1.98. The fraction of sp³-hybridized carbons (Fsp3) is 0.0833. The van der Waals surface area contributed by atoms with Crippen LogP contribution in [-0.2, 0) is 9.53 Å². The lowest BCUT2D eigenvalue weighted by Gasteiger charge is -1.93. The molecule has 0 N–H and O–H groups in total. The second kappa shape index (κ2) is 6.19. The van der Waals surface area contributed by atoms with Crippen LogP contribution in [0.5, 0.6) is 0 Å². The van der Waals surface area contributed by atoms with Crippen LogP contribution in [0.3, 0.4) is 0 Å². The van der Waals surface area contributed by atoms with Crippen LogP contribution in [0.1, 0.15) is 5.56 Å². The molecule has 0 unspecified atom stereocenters. The highest BCUT2D eigenvalue weighted by atomic mass is 79.9. The maximum atomic E-state index is 11.0. The van der Waals surface area contributed by atoms with E-state index < -0.39 is 0 Å². The molecule has 15 heavy (non-hydrogen) atoms. The van der Waals surface area contributed by atoms with E-state index in [2.05, 4.69) is 20.7 Å². The number of benzene rings is 1. The van der Waals surface area contributed by atoms with Gasteiger partial charge >= 0.3 is 5.97 Å². The van der Waals surface area contributed by atoms with Gasteiger partial charge in [-0.05, 0) is 27.6 Å². The van der Waals surface area contributed by atoms with Crippen LogP contribution < -0.4 is 0 Å². The molecular weight excluding hydrogens is 256 g/mol. The van der Waals surface area contributed by atoms with Gasteiger partial charge in [-0.3, -0.25) is 0 Å². The minimum absolute atomic E-state index is 0.382. The molecule has 0 aliphatic carbocycles. The molecule has 1 rings (SSSR count). The molecule has 0 saturated heterocycles. The highest BCUT2D eigenvalue weighted by Crippen LogP contribution is 2.08. The third-order valence-corrected chi connectivity index (χ3v) is 2.30. The average Bonchev–Trinajstić information content (AvgIpc) is 2.29. The minimum Gasteiger partial charge on any atom is -0.465 e. The van der Waals surface area contributed by atoms with E-state index in [0.29, 0.717) is 4.48 Å². The van der Waals surface area contributed by atoms with E-state index in [-0.39, 0.29) is 5.97 Å². The first kappa shape index (κ1) is 11.7. The van der Waals surface area contributed by atoms with Gasteiger partial charge in [0, 0.05) is 0 Å². The molecule has 0 atom stereocenters. The van der Waals surface area contributed by atoms with Crippen molar-refractivity contribution < 1.29 is 9.53 Å². The number of ether oxygens (including phenoxy) is 1. The predicted molar refractivity (Wildman–Crippen MR) is 64.5 cm³/mol. The molecule has 0 spiro atoms. The van der Waals surface area contributed by atoms with Crippen LogP contribution in [0.25, 0.3) is 6.08 Å². The molecule has 0 aliphatic heterocycles. The largest absolute Gasteiger partial charge is 0.465 e. The molecule has 0 radical (unpaired) electrons. The van der Waals surface area contributed by atoms with Crippen LogP contribution in [0.4, 0.5) is 0 Å². The van der Waals surface area contributed by atoms with Crippen molar-refractivity contribution in [2.24, 2.45) is 0 Å². The molecule has 0 saturated carbocycles. The number of hydrogen-bond donors (Lipinski definition) is 0. The van der Waals surface area contributed by atoms with Gasteiger partial charge in [-0.15, -0.1) is 0 Å². The van der Waals surface area contributed by atoms with Crippen molar-refractivity contribution in [1.82, 2.24) is 0 Å². The first-order chi connectivity index (χ1) is 7.24. The molecule has 0 aliphatic rings. The first-order valence-corrected chi connectivity index (χ1v) is 5.20. The number of rotatable bonds is 3. The van der Waals surface area contributed by atoms with Gasteiger partial charge < -0.3 is 4.74 Å². The third-order valence-electron chi connectivity index (χ3n) is 1.71. The predicted octanol–water partition coefficient (Wildman–Crippen LogP) is 3.15. The maximum Gasteiger partial charge on any atom is 0.344 e. The molecule has 2 nitrogen and oxygen atoms in total. The third kappa shape index (κ3) is 4.13. The second-order valence-electron chi connectivity index (χ2n) is 2.78. The minimum atomic E-state index is -0.382. The van der Waals surface area contributed by atoms with Crippen molar-refractivity contribution in [1.29, 1.82) is 0 Å². The van der Waals surface area contributed by atoms with Crippen molar-refractivity contribution in [3.63, 3.8) is 0 Å². The number of carbonyl (C=O) groups is 1. The molecule has 1 aromatic carbocycles. The number of methoxy groups -OCH3 is 1. The van der Waals surface area contributed by atoms with Gasteiger partial charge in [0.15, 0.2) is 0 Å². The Labute approximate surface area is 97.4 Å². The van der Waals surface area contributed by atoms with Crippen LogP contribution in [0.2, 0.25) is 0 Å². The zero-order valence-electron chi connectivity index (χ0n) is 8.31. The summed E-state index contributed by atoms with van der Waals surface area (Å²) in [6.07, 6.45) is 5.35. The van der Waals surface area contributed by atoms with Gasteiger partial charge in [0.05, 0.1) is 7.11 Å². The standard InChI is InChI=1S/C12H11BrO2/c1-15-12(14)11(13)9-5-8-10-6-3-2-4-7-10/h2-9H,1H3/b8-5-,11-9-. The summed E-state index contributed by atoms with van der Waals surface area (Å²) in [6.45, 7) is 0. The Balaban J connectivity index is 2.64. The normalized spacial score (nSPS) is 11.7. The van der Waals surface area contributed by atoms with Crippen LogP contribution in [-0.4, -0.2) is 13.1 Å². The molecule has 0 aromatic heterocycles. The van der Waals surface area contributed by atoms with Crippen LogP contribution in [0, 0.1) is 0 Å². The Bertz CT molecular complexity index is 380. The molecule has 0 fully saturated rings. The van der Waals surface area contributed by atoms with Crippen molar-refractivity contribution in [2.75, 3.05) is 7.11 Å². The van der Waals surface area contributed by atoms with Gasteiger partial charge in [0.25, 0.3) is 0 Å². The fourth-order valence-electron chi connectivity index (χ4n) is 0.973. The summed E-state index contributed by atoms with van der Waals surface area (Å²) in [4.78, 5) is 11.0. The van der Waals surface area contributed by atoms with Gasteiger partial charge in [0.1, 0.15) is 4.48 Å². The highest BCUT2D eigenvalue weighted by molar-refractivity contribution is 9.12. The van der Waals surface area contributed by atoms with E-state index in [1.165, 1.54) is 7.11 Å². The Kier molecular flexibility index (Phi) is 4.84. The first-order valence-electron chi connectivity index (χ1n) is 4.41. The number of carbonyl (C=O) groups excluding carboxylic acids is 1. The van der Waals surface area contributed by atoms with Crippen LogP contribution >= 0.6 is 15.9 Å². The van der Waals surface area contributed by atoms with E-state index in [0.717, 1.165) is 5.56 Å². The van der Waals surface area contributed by atoms with E-state index >= 15 is 0 Å². The molecular formula is C12H11BrO2. The summed E-state index contributed by atoms with van der Waals surface area (Å²) >= 11 is 3.11. The highest BCUT2D eigenvalue weighted by Gasteiger charge is 2.01. The van der Waals surface area contributed by atoms with Crippen molar-refractivity contribution in [2.45, 2.75) is 0 Å². The van der Waals surface area contributed by atoms with E-state index in [1.807, 2.05) is 36.4 Å². The Morgan fingerprint density at radius 2 is 2.00 bits per heavy atom. The summed E-state index contributed by atoms with van der Waals surface area (Å²) in [5.41, 5.74) is 1.08. The van der Waals surface area contributed by atoms with Crippen molar-refractivity contribution >= 4 is 28.0 Å². The molecule has 78 valence electrons. The number of allylic oxidation sites excluding steroid dienone is 2. The summed E-state index contributed by atoms with van der Waals surface area (Å²) in [6, 6.07) is 9.84. The summed E-state index contributed by atoms with van der Waals surface area (Å²) in [5, 5.41) is 0. The molecule has 0 amide bonds. The summed E-state index contributed by atoms with van der Waals surface area (Å²) < 4.78 is 4.93. The monoisotopic (exact) mass is 266 g/mol. The molecule has 1 aromatic rings. The Hall–Kier alpha value is -1.35. The average molecular weight is 267 g/mol. The second-order valence-corrected chi connectivity index (χ2v) is 3.63. The fourth-order valence-corrected chi connectivity index (χ4v) is 1.29. The molecule has 0 heterocycles. The van der Waals surface area contributed by atoms with Gasteiger partial charge in [-0.2, -0.15) is 0 Å². The topological polar surface area (TPSA) is 26.3 Å². The number of halogens is 1. The summed E-state index contributed by atoms with van der Waals surface area (Å²) in [7, 11) is 1.35. The Morgan fingerprint density at radius 1 is 1.33 bits per heavy atom. The molecule has 3 heteroatoms. The zero-order valence-corrected chi connectivity index (χ0v) is 9.90. The lowest BCUT2D eigenvalue weighted by atomic mass is 10.2. The van der Waals surface area contributed by atoms with E-state index in [9.17, 15) is 4.79 Å². The van der Waals surface area contributed by atoms with Crippen LogP contribution in [0.15, 0.2) is 47.0 Å². The number of esters is 1. The quantitative estimate of drug-likeness (QED) is 0.477. The van der Waals surface area contributed by atoms with E-state index in [1.54, 1.807) is 12.2 Å². The van der Waals surface area contributed by atoms with Crippen molar-refractivity contribution in [3.8, 4) is 0 Å². The van der Waals surface area contributed by atoms with Gasteiger partial charge in [-0.1, -0.05) is 42.5 Å². The van der Waals surface area contributed by atoms with Gasteiger partial charge in [0.2, 0.25) is 0 Å². The zero-order chi connectivity index (χ0) is 11.1. The molecule has 0 bridgehead atoms. The van der Waals surface area contributed by atoms with Gasteiger partial charge in [-0.25, -0.2) is 4.79 Å². The SMILES string of the molecule is COC(=O)/C(Br)=C/C=C\c1ccccc1. The maximum absolute atomic E-state index is 11.0.